The van der Waals surface area contributed by atoms with Crippen LogP contribution in [0.25, 0.3) is 0 Å². The van der Waals surface area contributed by atoms with Crippen molar-refractivity contribution in [3.05, 3.63) is 128 Å². The van der Waals surface area contributed by atoms with Crippen LogP contribution in [-0.4, -0.2) is 49.3 Å². The first-order valence-electron chi connectivity index (χ1n) is 14.4. The van der Waals surface area contributed by atoms with Gasteiger partial charge in [0.1, 0.15) is 11.5 Å². The average molecular weight is 722 g/mol. The summed E-state index contributed by atoms with van der Waals surface area (Å²) in [6, 6.07) is 30.9. The second kappa shape index (κ2) is 14.9. The van der Waals surface area contributed by atoms with E-state index < -0.39 is 11.6 Å². The van der Waals surface area contributed by atoms with Gasteiger partial charge < -0.3 is 24.6 Å². The summed E-state index contributed by atoms with van der Waals surface area (Å²) in [5.74, 6) is 1.60. The maximum absolute atomic E-state index is 14.5. The number of benzene rings is 4. The fourth-order valence-corrected chi connectivity index (χ4v) is 6.17. The first-order chi connectivity index (χ1) is 21.4. The molecule has 9 heteroatoms. The predicted octanol–water partition coefficient (Wildman–Crippen LogP) is 6.84. The molecule has 2 N–H and O–H groups in total. The third-order valence-corrected chi connectivity index (χ3v) is 9.00. The van der Waals surface area contributed by atoms with Crippen molar-refractivity contribution in [2.75, 3.05) is 26.9 Å². The maximum Gasteiger partial charge on any atom is 0.252 e. The van der Waals surface area contributed by atoms with Crippen LogP contribution in [0.15, 0.2) is 111 Å². The van der Waals surface area contributed by atoms with E-state index in [2.05, 4.69) is 37.2 Å². The van der Waals surface area contributed by atoms with Gasteiger partial charge >= 0.3 is 0 Å². The molecule has 0 aliphatic carbocycles. The first kappa shape index (κ1) is 31.8. The minimum absolute atomic E-state index is 0.0692. The standard InChI is InChI=1S/C35H34Br2N2O5/c1-42-31-14-7-3-9-24(31)19-20-38-34(41)35(23-26-10-2-5-12-29(26)36)32(28-11-4-6-13-30(28)37)44-33(39-35)25-15-17-27(18-16-25)43-22-8-21-40/h2-7,9-18,32,40H,8,19-23H2,1H3,(H,38,41)/t32-,35-/m1/s1. The van der Waals surface area contributed by atoms with Crippen LogP contribution in [0.1, 0.15) is 34.8 Å². The zero-order valence-corrected chi connectivity index (χ0v) is 27.5. The number of ether oxygens (including phenoxy) is 3. The summed E-state index contributed by atoms with van der Waals surface area (Å²) < 4.78 is 19.6. The topological polar surface area (TPSA) is 89.4 Å². The zero-order valence-electron chi connectivity index (χ0n) is 24.3. The van der Waals surface area contributed by atoms with Crippen molar-refractivity contribution in [2.24, 2.45) is 4.99 Å². The van der Waals surface area contributed by atoms with Crippen molar-refractivity contribution >= 4 is 43.7 Å². The number of methoxy groups -OCH3 is 1. The summed E-state index contributed by atoms with van der Waals surface area (Å²) in [5.41, 5.74) is 2.17. The van der Waals surface area contributed by atoms with Gasteiger partial charge in [-0.05, 0) is 60.0 Å². The molecule has 0 radical (unpaired) electrons. The molecular weight excluding hydrogens is 688 g/mol. The van der Waals surface area contributed by atoms with Gasteiger partial charge in [-0.2, -0.15) is 0 Å². The number of amides is 1. The lowest BCUT2D eigenvalue weighted by Crippen LogP contribution is -2.50. The summed E-state index contributed by atoms with van der Waals surface area (Å²) >= 11 is 7.39. The Hall–Kier alpha value is -3.66. The normalized spacial score (nSPS) is 17.5. The van der Waals surface area contributed by atoms with Gasteiger partial charge in [-0.25, -0.2) is 4.99 Å². The van der Waals surface area contributed by atoms with Gasteiger partial charge in [0.05, 0.1) is 13.7 Å². The van der Waals surface area contributed by atoms with E-state index in [4.69, 9.17) is 24.3 Å². The maximum atomic E-state index is 14.5. The van der Waals surface area contributed by atoms with E-state index in [9.17, 15) is 4.79 Å². The highest BCUT2D eigenvalue weighted by atomic mass is 79.9. The third kappa shape index (κ3) is 7.17. The molecule has 0 spiro atoms. The summed E-state index contributed by atoms with van der Waals surface area (Å²) in [6.45, 7) is 0.881. The molecule has 0 aromatic heterocycles. The molecule has 1 aliphatic heterocycles. The van der Waals surface area contributed by atoms with Crippen LogP contribution in [-0.2, 0) is 22.4 Å². The summed E-state index contributed by atoms with van der Waals surface area (Å²) in [5, 5.41) is 12.2. The fourth-order valence-electron chi connectivity index (χ4n) is 5.25. The van der Waals surface area contributed by atoms with Crippen LogP contribution >= 0.6 is 31.9 Å². The largest absolute Gasteiger partial charge is 0.496 e. The number of halogens is 2. The van der Waals surface area contributed by atoms with E-state index in [0.717, 1.165) is 36.9 Å². The highest BCUT2D eigenvalue weighted by Gasteiger charge is 2.54. The molecule has 0 fully saturated rings. The lowest BCUT2D eigenvalue weighted by atomic mass is 9.82. The molecule has 2 atom stereocenters. The van der Waals surface area contributed by atoms with Crippen molar-refractivity contribution in [3.8, 4) is 11.5 Å². The number of aliphatic imine (C=N–C) groups is 1. The van der Waals surface area contributed by atoms with Gasteiger partial charge in [-0.1, -0.05) is 86.5 Å². The van der Waals surface area contributed by atoms with E-state index in [-0.39, 0.29) is 12.5 Å². The monoisotopic (exact) mass is 720 g/mol. The number of nitrogens with one attached hydrogen (secondary N) is 1. The molecule has 0 saturated carbocycles. The van der Waals surface area contributed by atoms with Gasteiger partial charge in [0.15, 0.2) is 11.6 Å². The molecule has 0 unspecified atom stereocenters. The van der Waals surface area contributed by atoms with Crippen molar-refractivity contribution in [3.63, 3.8) is 0 Å². The molecule has 0 bridgehead atoms. The Kier molecular flexibility index (Phi) is 10.7. The van der Waals surface area contributed by atoms with E-state index in [0.29, 0.717) is 44.1 Å². The van der Waals surface area contributed by atoms with Crippen molar-refractivity contribution in [1.29, 1.82) is 0 Å². The Bertz CT molecular complexity index is 1610. The number of carbonyl (C=O) groups is 1. The number of rotatable bonds is 13. The summed E-state index contributed by atoms with van der Waals surface area (Å²) in [6.07, 6.45) is 0.726. The molecule has 4 aromatic rings. The SMILES string of the molecule is COc1ccccc1CCNC(=O)[C@]1(Cc2ccccc2Br)N=C(c2ccc(OCCCO)cc2)O[C@@H]1c1ccccc1Br. The minimum atomic E-state index is -1.32. The van der Waals surface area contributed by atoms with Gasteiger partial charge in [-0.15, -0.1) is 0 Å². The summed E-state index contributed by atoms with van der Waals surface area (Å²) in [4.78, 5) is 19.6. The number of nitrogens with zero attached hydrogens (tertiary/aromatic N) is 1. The molecule has 1 heterocycles. The molecule has 228 valence electrons. The highest BCUT2D eigenvalue weighted by Crippen LogP contribution is 2.45. The van der Waals surface area contributed by atoms with Crippen LogP contribution in [0.3, 0.4) is 0 Å². The molecule has 1 aliphatic rings. The number of hydrogen-bond acceptors (Lipinski definition) is 6. The molecule has 0 saturated heterocycles. The highest BCUT2D eigenvalue weighted by molar-refractivity contribution is 9.10. The number of para-hydroxylation sites is 1. The zero-order chi connectivity index (χ0) is 30.9. The Morgan fingerprint density at radius 1 is 0.932 bits per heavy atom. The van der Waals surface area contributed by atoms with Crippen LogP contribution in [0.5, 0.6) is 11.5 Å². The van der Waals surface area contributed by atoms with E-state index in [1.807, 2.05) is 97.1 Å². The molecule has 5 rings (SSSR count). The third-order valence-electron chi connectivity index (χ3n) is 7.51. The van der Waals surface area contributed by atoms with Crippen molar-refractivity contribution in [2.45, 2.75) is 30.9 Å². The average Bonchev–Trinajstić information content (AvgIpc) is 3.43. The van der Waals surface area contributed by atoms with Crippen LogP contribution < -0.4 is 14.8 Å². The van der Waals surface area contributed by atoms with E-state index in [1.165, 1.54) is 0 Å². The lowest BCUT2D eigenvalue weighted by molar-refractivity contribution is -0.128. The van der Waals surface area contributed by atoms with Crippen molar-refractivity contribution < 1.29 is 24.1 Å². The Labute approximate surface area is 274 Å². The van der Waals surface area contributed by atoms with Crippen LogP contribution in [0.4, 0.5) is 0 Å². The Morgan fingerprint density at radius 3 is 2.32 bits per heavy atom. The second-order valence-electron chi connectivity index (χ2n) is 10.4. The minimum Gasteiger partial charge on any atom is -0.496 e. The smallest absolute Gasteiger partial charge is 0.252 e. The Balaban J connectivity index is 1.53. The molecule has 4 aromatic carbocycles. The van der Waals surface area contributed by atoms with Gasteiger partial charge in [0.25, 0.3) is 5.91 Å². The molecule has 1 amide bonds. The quantitative estimate of drug-likeness (QED) is 0.148. The van der Waals surface area contributed by atoms with E-state index >= 15 is 0 Å². The van der Waals surface area contributed by atoms with Crippen molar-refractivity contribution in [1.82, 2.24) is 5.32 Å². The van der Waals surface area contributed by atoms with Gasteiger partial charge in [-0.3, -0.25) is 4.79 Å². The lowest BCUT2D eigenvalue weighted by Gasteiger charge is -2.31. The number of aliphatic hydroxyl groups excluding tert-OH is 1. The second-order valence-corrected chi connectivity index (χ2v) is 12.1. The summed E-state index contributed by atoms with van der Waals surface area (Å²) in [7, 11) is 1.65. The first-order valence-corrected chi connectivity index (χ1v) is 16.0. The molecular formula is C35H34Br2N2O5. The van der Waals surface area contributed by atoms with Crippen LogP contribution in [0.2, 0.25) is 0 Å². The number of hydrogen-bond donors (Lipinski definition) is 2. The molecule has 7 nitrogen and oxygen atoms in total. The van der Waals surface area contributed by atoms with E-state index in [1.54, 1.807) is 7.11 Å². The van der Waals surface area contributed by atoms with Gasteiger partial charge in [0.2, 0.25) is 5.90 Å². The Morgan fingerprint density at radius 2 is 1.61 bits per heavy atom. The molecule has 44 heavy (non-hydrogen) atoms. The predicted molar refractivity (Wildman–Crippen MR) is 178 cm³/mol. The number of carbonyl (C=O) groups excluding carboxylic acids is 1. The van der Waals surface area contributed by atoms with Gasteiger partial charge in [0, 0.05) is 46.1 Å². The van der Waals surface area contributed by atoms with Crippen LogP contribution in [0, 0.1) is 0 Å². The number of aliphatic hydroxyl groups is 1. The fraction of sp³-hybridized carbons (Fsp3) is 0.257.